The summed E-state index contributed by atoms with van der Waals surface area (Å²) in [5, 5.41) is 3.26. The Morgan fingerprint density at radius 3 is 2.29 bits per heavy atom. The van der Waals surface area contributed by atoms with Crippen LogP contribution in [0.15, 0.2) is 29.2 Å². The lowest BCUT2D eigenvalue weighted by atomic mass is 10.3. The number of hydrogen-bond acceptors (Lipinski definition) is 4. The molecule has 0 saturated carbocycles. The van der Waals surface area contributed by atoms with E-state index >= 15 is 0 Å². The Hall–Kier alpha value is -1.11. The number of unbranched alkanes of at least 4 members (excludes halogenated alkanes) is 1. The van der Waals surface area contributed by atoms with Crippen molar-refractivity contribution in [2.75, 3.05) is 39.2 Å². The van der Waals surface area contributed by atoms with Gasteiger partial charge in [-0.05, 0) is 37.1 Å². The summed E-state index contributed by atoms with van der Waals surface area (Å²) in [6, 6.07) is 6.81. The molecular formula is C15H26N2O3S. The van der Waals surface area contributed by atoms with Gasteiger partial charge in [-0.3, -0.25) is 0 Å². The number of anilines is 1. The molecule has 0 bridgehead atoms. The normalized spacial score (nSPS) is 11.8. The highest BCUT2D eigenvalue weighted by molar-refractivity contribution is 7.89. The maximum absolute atomic E-state index is 11.9. The van der Waals surface area contributed by atoms with Crippen LogP contribution >= 0.6 is 0 Å². The summed E-state index contributed by atoms with van der Waals surface area (Å²) in [6.07, 6.45) is 3.19. The fraction of sp³-hybridized carbons (Fsp3) is 0.600. The quantitative estimate of drug-likeness (QED) is 0.674. The first-order chi connectivity index (χ1) is 9.98. The molecule has 1 rings (SSSR count). The molecule has 0 amide bonds. The summed E-state index contributed by atoms with van der Waals surface area (Å²) in [5.74, 6) is 0. The second kappa shape index (κ2) is 9.02. The van der Waals surface area contributed by atoms with Crippen LogP contribution < -0.4 is 5.32 Å². The number of ether oxygens (including phenoxy) is 1. The minimum atomic E-state index is -3.35. The van der Waals surface area contributed by atoms with E-state index in [9.17, 15) is 8.42 Å². The molecule has 1 N–H and O–H groups in total. The van der Waals surface area contributed by atoms with E-state index in [1.165, 1.54) is 18.4 Å². The number of benzene rings is 1. The van der Waals surface area contributed by atoms with Gasteiger partial charge in [-0.25, -0.2) is 12.7 Å². The average molecular weight is 314 g/mol. The van der Waals surface area contributed by atoms with Gasteiger partial charge >= 0.3 is 0 Å². The number of nitrogens with zero attached hydrogens (tertiary/aromatic N) is 1. The van der Waals surface area contributed by atoms with Gasteiger partial charge in [0.25, 0.3) is 0 Å². The van der Waals surface area contributed by atoms with Gasteiger partial charge < -0.3 is 10.1 Å². The van der Waals surface area contributed by atoms with Crippen molar-refractivity contribution in [2.24, 2.45) is 0 Å². The lowest BCUT2D eigenvalue weighted by molar-refractivity contribution is 0.131. The minimum absolute atomic E-state index is 0.306. The van der Waals surface area contributed by atoms with Gasteiger partial charge in [0.2, 0.25) is 10.0 Å². The van der Waals surface area contributed by atoms with Crippen molar-refractivity contribution in [3.8, 4) is 0 Å². The third-order valence-electron chi connectivity index (χ3n) is 3.07. The van der Waals surface area contributed by atoms with Crippen LogP contribution in [0.4, 0.5) is 5.69 Å². The summed E-state index contributed by atoms with van der Waals surface area (Å²) < 4.78 is 30.5. The van der Waals surface area contributed by atoms with Crippen LogP contribution in [0.1, 0.15) is 26.2 Å². The standard InChI is InChI=1S/C15H26N2O3S/c1-4-5-12-20-13-6-11-16-14-7-9-15(10-8-14)21(18,19)17(2)3/h7-10,16H,4-6,11-13H2,1-3H3. The Balaban J connectivity index is 2.35. The molecular weight excluding hydrogens is 288 g/mol. The molecule has 120 valence electrons. The molecule has 0 fully saturated rings. The number of hydrogen-bond donors (Lipinski definition) is 1. The summed E-state index contributed by atoms with van der Waals surface area (Å²) in [5.41, 5.74) is 0.918. The van der Waals surface area contributed by atoms with Crippen molar-refractivity contribution in [3.05, 3.63) is 24.3 Å². The topological polar surface area (TPSA) is 58.6 Å². The first kappa shape index (κ1) is 17.9. The maximum atomic E-state index is 11.9. The fourth-order valence-corrected chi connectivity index (χ4v) is 2.61. The number of sulfonamides is 1. The molecule has 0 aliphatic heterocycles. The Labute approximate surface area is 128 Å². The first-order valence-electron chi connectivity index (χ1n) is 7.32. The van der Waals surface area contributed by atoms with Crippen molar-refractivity contribution in [3.63, 3.8) is 0 Å². The average Bonchev–Trinajstić information content (AvgIpc) is 2.46. The van der Waals surface area contributed by atoms with Gasteiger partial charge in [-0.2, -0.15) is 0 Å². The van der Waals surface area contributed by atoms with E-state index in [1.807, 2.05) is 0 Å². The van der Waals surface area contributed by atoms with Gasteiger partial charge in [0, 0.05) is 39.5 Å². The van der Waals surface area contributed by atoms with E-state index in [1.54, 1.807) is 24.3 Å². The zero-order valence-electron chi connectivity index (χ0n) is 13.1. The van der Waals surface area contributed by atoms with Crippen LogP contribution in [0.2, 0.25) is 0 Å². The number of rotatable bonds is 10. The van der Waals surface area contributed by atoms with E-state index in [-0.39, 0.29) is 0 Å². The molecule has 21 heavy (non-hydrogen) atoms. The highest BCUT2D eigenvalue weighted by Crippen LogP contribution is 2.16. The van der Waals surface area contributed by atoms with Crippen LogP contribution in [0.25, 0.3) is 0 Å². The van der Waals surface area contributed by atoms with Crippen LogP contribution in [0.3, 0.4) is 0 Å². The Morgan fingerprint density at radius 2 is 1.71 bits per heavy atom. The van der Waals surface area contributed by atoms with Crippen LogP contribution in [0, 0.1) is 0 Å². The fourth-order valence-electron chi connectivity index (χ4n) is 1.71. The summed E-state index contributed by atoms with van der Waals surface area (Å²) in [7, 11) is -0.290. The van der Waals surface area contributed by atoms with E-state index in [2.05, 4.69) is 12.2 Å². The lowest BCUT2D eigenvalue weighted by Crippen LogP contribution is -2.22. The number of nitrogens with one attached hydrogen (secondary N) is 1. The van der Waals surface area contributed by atoms with Crippen molar-refractivity contribution in [2.45, 2.75) is 31.1 Å². The zero-order valence-corrected chi connectivity index (χ0v) is 13.9. The molecule has 0 heterocycles. The van der Waals surface area contributed by atoms with Crippen molar-refractivity contribution in [1.29, 1.82) is 0 Å². The molecule has 0 atom stereocenters. The first-order valence-corrected chi connectivity index (χ1v) is 8.76. The molecule has 6 heteroatoms. The van der Waals surface area contributed by atoms with Crippen molar-refractivity contribution in [1.82, 2.24) is 4.31 Å². The molecule has 1 aromatic carbocycles. The van der Waals surface area contributed by atoms with Crippen molar-refractivity contribution >= 4 is 15.7 Å². The maximum Gasteiger partial charge on any atom is 0.242 e. The molecule has 0 spiro atoms. The molecule has 0 radical (unpaired) electrons. The molecule has 0 aliphatic carbocycles. The van der Waals surface area contributed by atoms with Gasteiger partial charge in [0.15, 0.2) is 0 Å². The monoisotopic (exact) mass is 314 g/mol. The van der Waals surface area contributed by atoms with Crippen LogP contribution in [0.5, 0.6) is 0 Å². The lowest BCUT2D eigenvalue weighted by Gasteiger charge is -2.12. The summed E-state index contributed by atoms with van der Waals surface area (Å²) in [4.78, 5) is 0.306. The smallest absolute Gasteiger partial charge is 0.242 e. The minimum Gasteiger partial charge on any atom is -0.385 e. The van der Waals surface area contributed by atoms with E-state index < -0.39 is 10.0 Å². The summed E-state index contributed by atoms with van der Waals surface area (Å²) >= 11 is 0. The third kappa shape index (κ3) is 6.03. The van der Waals surface area contributed by atoms with Gasteiger partial charge in [-0.1, -0.05) is 13.3 Å². The van der Waals surface area contributed by atoms with Gasteiger partial charge in [0.05, 0.1) is 4.90 Å². The molecule has 0 aliphatic rings. The van der Waals surface area contributed by atoms with Crippen molar-refractivity contribution < 1.29 is 13.2 Å². The Bertz CT molecular complexity index is 498. The second-order valence-electron chi connectivity index (χ2n) is 5.06. The highest BCUT2D eigenvalue weighted by atomic mass is 32.2. The molecule has 0 saturated heterocycles. The van der Waals surface area contributed by atoms with Crippen LogP contribution in [-0.2, 0) is 14.8 Å². The predicted octanol–water partition coefficient (Wildman–Crippen LogP) is 2.56. The molecule has 1 aromatic rings. The van der Waals surface area contributed by atoms with Crippen LogP contribution in [-0.4, -0.2) is 46.6 Å². The van der Waals surface area contributed by atoms with E-state index in [4.69, 9.17) is 4.74 Å². The third-order valence-corrected chi connectivity index (χ3v) is 4.90. The van der Waals surface area contributed by atoms with Gasteiger partial charge in [-0.15, -0.1) is 0 Å². The highest BCUT2D eigenvalue weighted by Gasteiger charge is 2.16. The van der Waals surface area contributed by atoms with E-state index in [0.717, 1.165) is 44.7 Å². The SMILES string of the molecule is CCCCOCCCNc1ccc(S(=O)(=O)N(C)C)cc1. The zero-order chi connectivity index (χ0) is 15.7. The molecule has 5 nitrogen and oxygen atoms in total. The second-order valence-corrected chi connectivity index (χ2v) is 7.21. The summed E-state index contributed by atoms with van der Waals surface area (Å²) in [6.45, 7) is 4.53. The predicted molar refractivity (Wildman–Crippen MR) is 86.1 cm³/mol. The Kier molecular flexibility index (Phi) is 7.71. The molecule has 0 aromatic heterocycles. The molecule has 0 unspecified atom stereocenters. The van der Waals surface area contributed by atoms with Gasteiger partial charge in [0.1, 0.15) is 0 Å². The Morgan fingerprint density at radius 1 is 1.10 bits per heavy atom. The van der Waals surface area contributed by atoms with E-state index in [0.29, 0.717) is 4.90 Å². The largest absolute Gasteiger partial charge is 0.385 e.